The van der Waals surface area contributed by atoms with E-state index in [9.17, 15) is 9.59 Å². The van der Waals surface area contributed by atoms with Gasteiger partial charge in [0.1, 0.15) is 6.04 Å². The molecule has 0 saturated heterocycles. The van der Waals surface area contributed by atoms with Gasteiger partial charge >= 0.3 is 12.0 Å². The smallest absolute Gasteiger partial charge is 0.326 e. The van der Waals surface area contributed by atoms with Gasteiger partial charge in [0.15, 0.2) is 0 Å². The van der Waals surface area contributed by atoms with Crippen molar-refractivity contribution < 1.29 is 14.7 Å². The lowest BCUT2D eigenvalue weighted by Gasteiger charge is -2.14. The van der Waals surface area contributed by atoms with Crippen molar-refractivity contribution in [3.05, 3.63) is 0 Å². The van der Waals surface area contributed by atoms with Crippen LogP contribution in [0.15, 0.2) is 0 Å². The van der Waals surface area contributed by atoms with Crippen LogP contribution in [0, 0.1) is 5.92 Å². The van der Waals surface area contributed by atoms with E-state index in [1.54, 1.807) is 0 Å². The first-order valence-corrected chi connectivity index (χ1v) is 6.67. The molecule has 0 heterocycles. The summed E-state index contributed by atoms with van der Waals surface area (Å²) >= 11 is 0. The molecule has 0 aliphatic heterocycles. The molecule has 2 saturated carbocycles. The summed E-state index contributed by atoms with van der Waals surface area (Å²) < 4.78 is 0. The lowest BCUT2D eigenvalue weighted by molar-refractivity contribution is -0.139. The number of hydrogen-bond donors (Lipinski definition) is 4. The molecule has 0 radical (unpaired) electrons. The predicted octanol–water partition coefficient (Wildman–Crippen LogP) is 0.291. The van der Waals surface area contributed by atoms with Gasteiger partial charge in [0.05, 0.1) is 0 Å². The number of carboxylic acids is 1. The van der Waals surface area contributed by atoms with Gasteiger partial charge in [-0.2, -0.15) is 0 Å². The van der Waals surface area contributed by atoms with Crippen molar-refractivity contribution in [2.45, 2.75) is 44.2 Å². The summed E-state index contributed by atoms with van der Waals surface area (Å²) in [6, 6.07) is -0.416. The highest BCUT2D eigenvalue weighted by Gasteiger charge is 2.37. The van der Waals surface area contributed by atoms with Crippen LogP contribution in [-0.2, 0) is 4.79 Å². The Labute approximate surface area is 107 Å². The summed E-state index contributed by atoms with van der Waals surface area (Å²) in [6.45, 7) is 1.47. The zero-order valence-corrected chi connectivity index (χ0v) is 10.4. The summed E-state index contributed by atoms with van der Waals surface area (Å²) in [4.78, 5) is 22.4. The van der Waals surface area contributed by atoms with E-state index in [4.69, 9.17) is 5.11 Å². The fraction of sp³-hybridized carbons (Fsp3) is 0.833. The first-order chi connectivity index (χ1) is 8.66. The Morgan fingerprint density at radius 3 is 2.44 bits per heavy atom. The van der Waals surface area contributed by atoms with E-state index < -0.39 is 12.0 Å². The van der Waals surface area contributed by atoms with Gasteiger partial charge < -0.3 is 21.1 Å². The molecular weight excluding hydrogens is 234 g/mol. The van der Waals surface area contributed by atoms with Gasteiger partial charge in [-0.1, -0.05) is 0 Å². The maximum absolute atomic E-state index is 11.5. The molecule has 2 amide bonds. The van der Waals surface area contributed by atoms with Gasteiger partial charge in [-0.25, -0.2) is 9.59 Å². The molecule has 1 atom stereocenters. The quantitative estimate of drug-likeness (QED) is 0.469. The minimum Gasteiger partial charge on any atom is -0.480 e. The number of carbonyl (C=O) groups excluding carboxylic acids is 1. The van der Waals surface area contributed by atoms with Gasteiger partial charge in [0, 0.05) is 12.6 Å². The molecule has 18 heavy (non-hydrogen) atoms. The molecule has 2 aliphatic rings. The Hall–Kier alpha value is -1.30. The van der Waals surface area contributed by atoms with Gasteiger partial charge in [-0.15, -0.1) is 0 Å². The number of aliphatic carboxylic acids is 1. The van der Waals surface area contributed by atoms with E-state index in [-0.39, 0.29) is 11.9 Å². The minimum absolute atomic E-state index is 0.116. The van der Waals surface area contributed by atoms with Crippen molar-refractivity contribution in [2.24, 2.45) is 5.92 Å². The Morgan fingerprint density at radius 1 is 1.17 bits per heavy atom. The summed E-state index contributed by atoms with van der Waals surface area (Å²) in [5, 5.41) is 17.5. The van der Waals surface area contributed by atoms with Crippen molar-refractivity contribution >= 4 is 12.0 Å². The van der Waals surface area contributed by atoms with E-state index >= 15 is 0 Å². The summed E-state index contributed by atoms with van der Waals surface area (Å²) in [6.07, 6.45) is 5.17. The molecule has 0 aromatic rings. The van der Waals surface area contributed by atoms with E-state index in [0.717, 1.165) is 25.8 Å². The highest BCUT2D eigenvalue weighted by molar-refractivity contribution is 5.83. The van der Waals surface area contributed by atoms with Crippen LogP contribution in [0.3, 0.4) is 0 Å². The number of amides is 2. The normalized spacial score (nSPS) is 20.2. The van der Waals surface area contributed by atoms with E-state index in [2.05, 4.69) is 16.0 Å². The average Bonchev–Trinajstić information content (AvgIpc) is 3.17. The molecule has 4 N–H and O–H groups in total. The summed E-state index contributed by atoms with van der Waals surface area (Å²) in [5.74, 6) is -0.826. The maximum atomic E-state index is 11.5. The zero-order chi connectivity index (χ0) is 13.0. The maximum Gasteiger partial charge on any atom is 0.326 e. The van der Waals surface area contributed by atoms with Crippen LogP contribution in [0.25, 0.3) is 0 Å². The van der Waals surface area contributed by atoms with E-state index in [0.29, 0.717) is 12.6 Å². The predicted molar refractivity (Wildman–Crippen MR) is 66.3 cm³/mol. The van der Waals surface area contributed by atoms with E-state index in [1.807, 2.05) is 0 Å². The molecule has 0 spiro atoms. The third-order valence-electron chi connectivity index (χ3n) is 3.30. The molecule has 2 aliphatic carbocycles. The molecule has 1 unspecified atom stereocenters. The first-order valence-electron chi connectivity index (χ1n) is 6.67. The van der Waals surface area contributed by atoms with E-state index in [1.165, 1.54) is 12.8 Å². The second-order valence-corrected chi connectivity index (χ2v) is 5.14. The third kappa shape index (κ3) is 4.52. The molecule has 6 nitrogen and oxygen atoms in total. The molecular formula is C12H21N3O3. The van der Waals surface area contributed by atoms with Crippen LogP contribution in [0.1, 0.15) is 32.1 Å². The molecule has 2 fully saturated rings. The summed E-state index contributed by atoms with van der Waals surface area (Å²) in [7, 11) is 0. The standard InChI is InChI=1S/C12H21N3O3/c16-11(17)10(8-2-3-8)15-12(18)14-7-1-6-13-9-4-5-9/h8-10,13H,1-7H2,(H,16,17)(H2,14,15,18). The number of urea groups is 1. The second kappa shape index (κ2) is 6.04. The number of nitrogens with one attached hydrogen (secondary N) is 3. The van der Waals surface area contributed by atoms with Gasteiger partial charge in [-0.05, 0) is 44.6 Å². The number of rotatable bonds is 8. The molecule has 2 rings (SSSR count). The highest BCUT2D eigenvalue weighted by atomic mass is 16.4. The lowest BCUT2D eigenvalue weighted by Crippen LogP contribution is -2.47. The van der Waals surface area contributed by atoms with Crippen molar-refractivity contribution in [3.8, 4) is 0 Å². The fourth-order valence-corrected chi connectivity index (χ4v) is 1.89. The second-order valence-electron chi connectivity index (χ2n) is 5.14. The van der Waals surface area contributed by atoms with Crippen LogP contribution in [0.2, 0.25) is 0 Å². The van der Waals surface area contributed by atoms with Gasteiger partial charge in [0.2, 0.25) is 0 Å². The SMILES string of the molecule is O=C(NCCCNC1CC1)NC(C(=O)O)C1CC1. The first kappa shape index (κ1) is 13.1. The average molecular weight is 255 g/mol. The molecule has 102 valence electrons. The number of hydrogen-bond acceptors (Lipinski definition) is 3. The van der Waals surface area contributed by atoms with Crippen molar-refractivity contribution in [1.29, 1.82) is 0 Å². The Morgan fingerprint density at radius 2 is 1.89 bits per heavy atom. The molecule has 0 aromatic heterocycles. The van der Waals surface area contributed by atoms with Gasteiger partial charge in [0.25, 0.3) is 0 Å². The number of carbonyl (C=O) groups is 2. The molecule has 6 heteroatoms. The third-order valence-corrected chi connectivity index (χ3v) is 3.30. The fourth-order valence-electron chi connectivity index (χ4n) is 1.89. The van der Waals surface area contributed by atoms with Crippen LogP contribution < -0.4 is 16.0 Å². The highest BCUT2D eigenvalue weighted by Crippen LogP contribution is 2.32. The lowest BCUT2D eigenvalue weighted by atomic mass is 10.2. The number of carboxylic acid groups (broad SMARTS) is 1. The molecule has 0 bridgehead atoms. The Kier molecular flexibility index (Phi) is 4.41. The van der Waals surface area contributed by atoms with Crippen LogP contribution >= 0.6 is 0 Å². The largest absolute Gasteiger partial charge is 0.480 e. The van der Waals surface area contributed by atoms with Gasteiger partial charge in [-0.3, -0.25) is 0 Å². The van der Waals surface area contributed by atoms with Crippen LogP contribution in [-0.4, -0.2) is 42.3 Å². The molecule has 0 aromatic carbocycles. The van der Waals surface area contributed by atoms with Crippen molar-refractivity contribution in [3.63, 3.8) is 0 Å². The summed E-state index contributed by atoms with van der Waals surface area (Å²) in [5.41, 5.74) is 0. The topological polar surface area (TPSA) is 90.5 Å². The minimum atomic E-state index is -0.942. The van der Waals surface area contributed by atoms with Crippen LogP contribution in [0.5, 0.6) is 0 Å². The zero-order valence-electron chi connectivity index (χ0n) is 10.4. The van der Waals surface area contributed by atoms with Crippen molar-refractivity contribution in [1.82, 2.24) is 16.0 Å². The van der Waals surface area contributed by atoms with Crippen LogP contribution in [0.4, 0.5) is 4.79 Å². The van der Waals surface area contributed by atoms with Crippen molar-refractivity contribution in [2.75, 3.05) is 13.1 Å². The Balaban J connectivity index is 1.54. The monoisotopic (exact) mass is 255 g/mol. The Bertz CT molecular complexity index is 314.